The fraction of sp³-hybridized carbons (Fsp3) is 1.00. The van der Waals surface area contributed by atoms with Crippen LogP contribution in [0.2, 0.25) is 0 Å². The van der Waals surface area contributed by atoms with Crippen LogP contribution in [0.4, 0.5) is 0 Å². The van der Waals surface area contributed by atoms with E-state index in [4.69, 9.17) is 28.3 Å². The molecule has 0 aromatic carbocycles. The van der Waals surface area contributed by atoms with Crippen LogP contribution in [0.3, 0.4) is 0 Å². The third-order valence-electron chi connectivity index (χ3n) is 1.34. The number of aliphatic hydroxyl groups is 2. The van der Waals surface area contributed by atoms with Gasteiger partial charge in [0, 0.05) is 0 Å². The molecule has 2 N–H and O–H groups in total. The first-order chi connectivity index (χ1) is 4.19. The topological polar surface area (TPSA) is 40.5 Å². The van der Waals surface area contributed by atoms with Crippen LogP contribution in [-0.4, -0.2) is 26.3 Å². The number of hydrogen-bond donors (Lipinski definition) is 2. The van der Waals surface area contributed by atoms with E-state index in [1.54, 1.807) is 0 Å². The standard InChI is InChI=1S/C6H12Cl2O2/c1-4(9)6(7,8)5(2,3)10/h4,9-10H,1-3H3. The lowest BCUT2D eigenvalue weighted by Gasteiger charge is -2.34. The molecule has 0 bridgehead atoms. The molecule has 0 radical (unpaired) electrons. The third kappa shape index (κ3) is 1.99. The van der Waals surface area contributed by atoms with Crippen LogP contribution in [0.25, 0.3) is 0 Å². The predicted molar refractivity (Wildman–Crippen MR) is 42.4 cm³/mol. The zero-order valence-corrected chi connectivity index (χ0v) is 7.74. The lowest BCUT2D eigenvalue weighted by atomic mass is 10.0. The normalized spacial score (nSPS) is 17.1. The van der Waals surface area contributed by atoms with Gasteiger partial charge < -0.3 is 10.2 Å². The van der Waals surface area contributed by atoms with Gasteiger partial charge in [-0.1, -0.05) is 23.2 Å². The summed E-state index contributed by atoms with van der Waals surface area (Å²) in [5.41, 5.74) is -1.30. The summed E-state index contributed by atoms with van der Waals surface area (Å²) in [4.78, 5) is 0. The van der Waals surface area contributed by atoms with E-state index in [1.807, 2.05) is 0 Å². The molecule has 0 aliphatic heterocycles. The summed E-state index contributed by atoms with van der Waals surface area (Å²) < 4.78 is -1.51. The molecule has 0 saturated heterocycles. The fourth-order valence-corrected chi connectivity index (χ4v) is 0.511. The molecule has 0 aliphatic carbocycles. The van der Waals surface area contributed by atoms with E-state index in [0.717, 1.165) is 0 Å². The minimum Gasteiger partial charge on any atom is -0.390 e. The van der Waals surface area contributed by atoms with Crippen molar-refractivity contribution in [3.8, 4) is 0 Å². The Hall–Kier alpha value is 0.500. The van der Waals surface area contributed by atoms with Gasteiger partial charge >= 0.3 is 0 Å². The summed E-state index contributed by atoms with van der Waals surface area (Å²) in [7, 11) is 0. The van der Waals surface area contributed by atoms with Crippen LogP contribution in [0.5, 0.6) is 0 Å². The van der Waals surface area contributed by atoms with Gasteiger partial charge in [0.1, 0.15) is 0 Å². The Morgan fingerprint density at radius 3 is 1.60 bits per heavy atom. The van der Waals surface area contributed by atoms with Crippen molar-refractivity contribution in [1.82, 2.24) is 0 Å². The molecule has 0 aliphatic rings. The summed E-state index contributed by atoms with van der Waals surface area (Å²) in [6, 6.07) is 0. The average molecular weight is 187 g/mol. The number of aliphatic hydroxyl groups excluding tert-OH is 1. The van der Waals surface area contributed by atoms with Gasteiger partial charge in [0.2, 0.25) is 0 Å². The van der Waals surface area contributed by atoms with E-state index in [1.165, 1.54) is 20.8 Å². The second-order valence-corrected chi connectivity index (χ2v) is 4.24. The largest absolute Gasteiger partial charge is 0.390 e. The number of rotatable bonds is 2. The zero-order valence-electron chi connectivity index (χ0n) is 6.23. The molecule has 0 spiro atoms. The molecule has 4 heteroatoms. The number of hydrogen-bond acceptors (Lipinski definition) is 2. The summed E-state index contributed by atoms with van der Waals surface area (Å²) >= 11 is 11.2. The van der Waals surface area contributed by atoms with E-state index in [-0.39, 0.29) is 0 Å². The first-order valence-corrected chi connectivity index (χ1v) is 3.73. The van der Waals surface area contributed by atoms with Crippen LogP contribution in [0.15, 0.2) is 0 Å². The van der Waals surface area contributed by atoms with Gasteiger partial charge in [0.25, 0.3) is 0 Å². The minimum absolute atomic E-state index is 0.962. The van der Waals surface area contributed by atoms with E-state index < -0.39 is 16.0 Å². The maximum atomic E-state index is 9.29. The van der Waals surface area contributed by atoms with E-state index in [2.05, 4.69) is 0 Å². The van der Waals surface area contributed by atoms with E-state index in [9.17, 15) is 5.11 Å². The van der Waals surface area contributed by atoms with Crippen molar-refractivity contribution in [3.05, 3.63) is 0 Å². The highest BCUT2D eigenvalue weighted by Gasteiger charge is 2.44. The molecule has 2 nitrogen and oxygen atoms in total. The van der Waals surface area contributed by atoms with Crippen molar-refractivity contribution in [1.29, 1.82) is 0 Å². The number of halogens is 2. The molecule has 0 heterocycles. The maximum Gasteiger partial charge on any atom is 0.171 e. The van der Waals surface area contributed by atoms with Crippen LogP contribution in [-0.2, 0) is 0 Å². The quantitative estimate of drug-likeness (QED) is 0.640. The molecule has 0 rings (SSSR count). The van der Waals surface area contributed by atoms with Crippen LogP contribution < -0.4 is 0 Å². The molecule has 1 unspecified atom stereocenters. The van der Waals surface area contributed by atoms with Crippen LogP contribution in [0.1, 0.15) is 20.8 Å². The van der Waals surface area contributed by atoms with Crippen molar-refractivity contribution in [2.75, 3.05) is 0 Å². The summed E-state index contributed by atoms with van der Waals surface area (Å²) in [5, 5.41) is 18.3. The molecule has 0 aromatic rings. The van der Waals surface area contributed by atoms with Gasteiger partial charge in [0.15, 0.2) is 4.33 Å². The van der Waals surface area contributed by atoms with Gasteiger partial charge in [0.05, 0.1) is 11.7 Å². The minimum atomic E-state index is -1.51. The van der Waals surface area contributed by atoms with Crippen molar-refractivity contribution in [2.45, 2.75) is 36.8 Å². The van der Waals surface area contributed by atoms with E-state index >= 15 is 0 Å². The second-order valence-electron chi connectivity index (χ2n) is 2.86. The smallest absolute Gasteiger partial charge is 0.171 e. The average Bonchev–Trinajstić information content (AvgIpc) is 1.62. The summed E-state index contributed by atoms with van der Waals surface area (Å²) in [6.45, 7) is 4.32. The highest BCUT2D eigenvalue weighted by atomic mass is 35.5. The lowest BCUT2D eigenvalue weighted by Crippen LogP contribution is -2.48. The Balaban J connectivity index is 4.40. The number of alkyl halides is 2. The monoisotopic (exact) mass is 186 g/mol. The van der Waals surface area contributed by atoms with E-state index in [0.29, 0.717) is 0 Å². The van der Waals surface area contributed by atoms with Gasteiger partial charge in [-0.2, -0.15) is 0 Å². The Labute approximate surface area is 70.8 Å². The van der Waals surface area contributed by atoms with Gasteiger partial charge in [-0.25, -0.2) is 0 Å². The van der Waals surface area contributed by atoms with Crippen molar-refractivity contribution in [2.24, 2.45) is 0 Å². The summed E-state index contributed by atoms with van der Waals surface area (Å²) in [5.74, 6) is 0. The Morgan fingerprint density at radius 2 is 1.60 bits per heavy atom. The highest BCUT2D eigenvalue weighted by Crippen LogP contribution is 2.36. The Kier molecular flexibility index (Phi) is 3.00. The van der Waals surface area contributed by atoms with Gasteiger partial charge in [-0.05, 0) is 20.8 Å². The fourth-order valence-electron chi connectivity index (χ4n) is 0.511. The van der Waals surface area contributed by atoms with Crippen molar-refractivity contribution >= 4 is 23.2 Å². The molecule has 0 fully saturated rings. The third-order valence-corrected chi connectivity index (χ3v) is 2.90. The molecule has 62 valence electrons. The van der Waals surface area contributed by atoms with Gasteiger partial charge in [-0.15, -0.1) is 0 Å². The second kappa shape index (κ2) is 2.86. The van der Waals surface area contributed by atoms with Crippen molar-refractivity contribution in [3.63, 3.8) is 0 Å². The van der Waals surface area contributed by atoms with Crippen LogP contribution >= 0.6 is 23.2 Å². The summed E-state index contributed by atoms with van der Waals surface area (Å²) in [6.07, 6.45) is -0.962. The van der Waals surface area contributed by atoms with Gasteiger partial charge in [-0.3, -0.25) is 0 Å². The zero-order chi connectivity index (χ0) is 8.58. The lowest BCUT2D eigenvalue weighted by molar-refractivity contribution is 0.0130. The SMILES string of the molecule is CC(O)C(Cl)(Cl)C(C)(C)O. The highest BCUT2D eigenvalue weighted by molar-refractivity contribution is 6.49. The van der Waals surface area contributed by atoms with Crippen molar-refractivity contribution < 1.29 is 10.2 Å². The van der Waals surface area contributed by atoms with Crippen LogP contribution in [0, 0.1) is 0 Å². The molecule has 10 heavy (non-hydrogen) atoms. The molecular formula is C6H12Cl2O2. The molecule has 0 aromatic heterocycles. The first-order valence-electron chi connectivity index (χ1n) is 2.98. The Morgan fingerprint density at radius 1 is 1.30 bits per heavy atom. The Bertz CT molecular complexity index is 115. The molecule has 0 amide bonds. The first kappa shape index (κ1) is 10.5. The predicted octanol–water partition coefficient (Wildman–Crippen LogP) is 1.31. The molecule has 0 saturated carbocycles. The molecular weight excluding hydrogens is 175 g/mol. The maximum absolute atomic E-state index is 9.29. The molecule has 1 atom stereocenters.